The monoisotopic (exact) mass is 326 g/mol. The van der Waals surface area contributed by atoms with Crippen molar-refractivity contribution in [2.24, 2.45) is 0 Å². The van der Waals surface area contributed by atoms with E-state index < -0.39 is 0 Å². The summed E-state index contributed by atoms with van der Waals surface area (Å²) in [6.45, 7) is 1.20. The minimum Gasteiger partial charge on any atom is -0.352 e. The minimum absolute atomic E-state index is 0.111. The van der Waals surface area contributed by atoms with Gasteiger partial charge in [-0.3, -0.25) is 9.59 Å². The van der Waals surface area contributed by atoms with Crippen molar-refractivity contribution in [3.63, 3.8) is 0 Å². The van der Waals surface area contributed by atoms with Gasteiger partial charge in [-0.05, 0) is 41.8 Å². The van der Waals surface area contributed by atoms with Crippen LogP contribution in [-0.4, -0.2) is 18.4 Å². The van der Waals surface area contributed by atoms with Crippen LogP contribution in [0.3, 0.4) is 0 Å². The van der Waals surface area contributed by atoms with Gasteiger partial charge in [0.1, 0.15) is 5.82 Å². The van der Waals surface area contributed by atoms with Crippen molar-refractivity contribution in [3.05, 3.63) is 65.5 Å². The predicted molar refractivity (Wildman–Crippen MR) is 90.0 cm³/mol. The van der Waals surface area contributed by atoms with E-state index in [1.165, 1.54) is 12.1 Å². The van der Waals surface area contributed by atoms with Gasteiger partial charge in [0.2, 0.25) is 11.8 Å². The van der Waals surface area contributed by atoms with Gasteiger partial charge < -0.3 is 10.2 Å². The van der Waals surface area contributed by atoms with Crippen LogP contribution >= 0.6 is 0 Å². The lowest BCUT2D eigenvalue weighted by Gasteiger charge is -2.16. The maximum absolute atomic E-state index is 12.8. The fourth-order valence-electron chi connectivity index (χ4n) is 2.77. The number of hydrogen-bond acceptors (Lipinski definition) is 2. The fourth-order valence-corrected chi connectivity index (χ4v) is 2.77. The summed E-state index contributed by atoms with van der Waals surface area (Å²) in [5.74, 6) is -0.258. The van der Waals surface area contributed by atoms with E-state index in [4.69, 9.17) is 0 Å². The molecular weight excluding hydrogens is 307 g/mol. The molecule has 1 N–H and O–H groups in total. The second-order valence-corrected chi connectivity index (χ2v) is 5.90. The van der Waals surface area contributed by atoms with Crippen LogP contribution < -0.4 is 10.2 Å². The minimum atomic E-state index is -0.310. The lowest BCUT2D eigenvalue weighted by atomic mass is 10.1. The van der Waals surface area contributed by atoms with E-state index in [2.05, 4.69) is 5.32 Å². The Morgan fingerprint density at radius 1 is 1.04 bits per heavy atom. The van der Waals surface area contributed by atoms with Crippen molar-refractivity contribution in [2.45, 2.75) is 25.8 Å². The Kier molecular flexibility index (Phi) is 4.89. The Balaban J connectivity index is 1.51. The third kappa shape index (κ3) is 3.98. The van der Waals surface area contributed by atoms with Gasteiger partial charge in [-0.25, -0.2) is 4.39 Å². The molecule has 1 aliphatic rings. The third-order valence-electron chi connectivity index (χ3n) is 4.09. The van der Waals surface area contributed by atoms with E-state index in [1.807, 2.05) is 24.3 Å². The third-order valence-corrected chi connectivity index (χ3v) is 4.09. The van der Waals surface area contributed by atoms with Gasteiger partial charge in [0.25, 0.3) is 0 Å². The number of nitrogens with one attached hydrogen (secondary N) is 1. The zero-order valence-corrected chi connectivity index (χ0v) is 13.3. The first-order chi connectivity index (χ1) is 11.6. The fraction of sp³-hybridized carbons (Fsp3) is 0.263. The number of rotatable bonds is 5. The van der Waals surface area contributed by atoms with Crippen LogP contribution in [0, 0.1) is 5.82 Å². The number of amides is 2. The zero-order chi connectivity index (χ0) is 16.9. The highest BCUT2D eigenvalue weighted by atomic mass is 19.1. The van der Waals surface area contributed by atoms with Crippen molar-refractivity contribution in [2.75, 3.05) is 11.4 Å². The number of anilines is 1. The summed E-state index contributed by atoms with van der Waals surface area (Å²) >= 11 is 0. The summed E-state index contributed by atoms with van der Waals surface area (Å²) in [5, 5.41) is 2.85. The Bertz CT molecular complexity index is 726. The number of hydrogen-bond donors (Lipinski definition) is 1. The van der Waals surface area contributed by atoms with E-state index in [9.17, 15) is 14.0 Å². The first-order valence-corrected chi connectivity index (χ1v) is 8.02. The highest BCUT2D eigenvalue weighted by Gasteiger charge is 2.21. The van der Waals surface area contributed by atoms with Gasteiger partial charge in [0.05, 0.1) is 6.42 Å². The van der Waals surface area contributed by atoms with Gasteiger partial charge in [0.15, 0.2) is 0 Å². The Morgan fingerprint density at radius 3 is 2.33 bits per heavy atom. The van der Waals surface area contributed by atoms with E-state index in [-0.39, 0.29) is 24.1 Å². The lowest BCUT2D eigenvalue weighted by molar-refractivity contribution is -0.120. The zero-order valence-electron chi connectivity index (χ0n) is 13.3. The summed E-state index contributed by atoms with van der Waals surface area (Å²) in [6.07, 6.45) is 1.74. The average molecular weight is 326 g/mol. The van der Waals surface area contributed by atoms with Crippen molar-refractivity contribution >= 4 is 17.5 Å². The van der Waals surface area contributed by atoms with Crippen molar-refractivity contribution in [1.29, 1.82) is 0 Å². The smallest absolute Gasteiger partial charge is 0.227 e. The van der Waals surface area contributed by atoms with E-state index in [1.54, 1.807) is 17.0 Å². The molecule has 0 aliphatic carbocycles. The molecule has 0 atom stereocenters. The maximum Gasteiger partial charge on any atom is 0.227 e. The molecule has 2 amide bonds. The van der Waals surface area contributed by atoms with Crippen molar-refractivity contribution in [3.8, 4) is 0 Å². The van der Waals surface area contributed by atoms with Crippen LogP contribution in [0.15, 0.2) is 48.5 Å². The number of carbonyl (C=O) groups is 2. The van der Waals surface area contributed by atoms with Gasteiger partial charge in [-0.1, -0.05) is 24.3 Å². The normalized spacial score (nSPS) is 14.0. The molecule has 2 aromatic carbocycles. The van der Waals surface area contributed by atoms with Gasteiger partial charge in [-0.15, -0.1) is 0 Å². The van der Waals surface area contributed by atoms with Gasteiger partial charge >= 0.3 is 0 Å². The molecule has 2 aromatic rings. The Morgan fingerprint density at radius 2 is 1.71 bits per heavy atom. The van der Waals surface area contributed by atoms with Crippen LogP contribution in [-0.2, 0) is 22.6 Å². The summed E-state index contributed by atoms with van der Waals surface area (Å²) in [5.41, 5.74) is 2.65. The quantitative estimate of drug-likeness (QED) is 0.918. The molecule has 4 nitrogen and oxygen atoms in total. The largest absolute Gasteiger partial charge is 0.352 e. The maximum atomic E-state index is 12.8. The second kappa shape index (κ2) is 7.25. The SMILES string of the molecule is O=C(Cc1ccc(F)cc1)NCc1ccc(N2CCCC2=O)cc1. The number of benzene rings is 2. The van der Waals surface area contributed by atoms with Crippen LogP contribution in [0.4, 0.5) is 10.1 Å². The van der Waals surface area contributed by atoms with Gasteiger partial charge in [-0.2, -0.15) is 0 Å². The van der Waals surface area contributed by atoms with E-state index in [0.29, 0.717) is 13.0 Å². The van der Waals surface area contributed by atoms with Crippen LogP contribution in [0.1, 0.15) is 24.0 Å². The van der Waals surface area contributed by atoms with Gasteiger partial charge in [0, 0.05) is 25.2 Å². The molecule has 0 spiro atoms. The van der Waals surface area contributed by atoms with Crippen molar-refractivity contribution in [1.82, 2.24) is 5.32 Å². The second-order valence-electron chi connectivity index (χ2n) is 5.90. The Hall–Kier alpha value is -2.69. The molecule has 0 bridgehead atoms. The summed E-state index contributed by atoms with van der Waals surface area (Å²) < 4.78 is 12.8. The van der Waals surface area contributed by atoms with Crippen molar-refractivity contribution < 1.29 is 14.0 Å². The molecule has 0 radical (unpaired) electrons. The average Bonchev–Trinajstić information content (AvgIpc) is 3.02. The summed E-state index contributed by atoms with van der Waals surface area (Å²) in [4.78, 5) is 25.4. The molecule has 1 aliphatic heterocycles. The molecule has 3 rings (SSSR count). The summed E-state index contributed by atoms with van der Waals surface area (Å²) in [7, 11) is 0. The highest BCUT2D eigenvalue weighted by Crippen LogP contribution is 2.21. The molecule has 1 saturated heterocycles. The van der Waals surface area contributed by atoms with Crippen LogP contribution in [0.2, 0.25) is 0 Å². The molecule has 124 valence electrons. The number of nitrogens with zero attached hydrogens (tertiary/aromatic N) is 1. The molecule has 0 aromatic heterocycles. The lowest BCUT2D eigenvalue weighted by Crippen LogP contribution is -2.25. The topological polar surface area (TPSA) is 49.4 Å². The van der Waals surface area contributed by atoms with E-state index in [0.717, 1.165) is 29.8 Å². The first kappa shape index (κ1) is 16.2. The first-order valence-electron chi connectivity index (χ1n) is 8.02. The number of carbonyl (C=O) groups excluding carboxylic acids is 2. The molecule has 5 heteroatoms. The Labute approximate surface area is 140 Å². The molecule has 24 heavy (non-hydrogen) atoms. The molecule has 1 heterocycles. The summed E-state index contributed by atoms with van der Waals surface area (Å²) in [6, 6.07) is 13.6. The number of halogens is 1. The molecule has 0 saturated carbocycles. The highest BCUT2D eigenvalue weighted by molar-refractivity contribution is 5.95. The van der Waals surface area contributed by atoms with E-state index >= 15 is 0 Å². The standard InChI is InChI=1S/C19H19FN2O2/c20-16-7-3-14(4-8-16)12-18(23)21-13-15-5-9-17(10-6-15)22-11-1-2-19(22)24/h3-10H,1-2,11-13H2,(H,21,23). The molecule has 0 unspecified atom stereocenters. The molecular formula is C19H19FN2O2. The predicted octanol–water partition coefficient (Wildman–Crippen LogP) is 2.81. The van der Waals surface area contributed by atoms with Crippen LogP contribution in [0.5, 0.6) is 0 Å². The van der Waals surface area contributed by atoms with Crippen LogP contribution in [0.25, 0.3) is 0 Å². The molecule has 1 fully saturated rings.